The van der Waals surface area contributed by atoms with Crippen molar-refractivity contribution in [3.8, 4) is 0 Å². The van der Waals surface area contributed by atoms with Gasteiger partial charge in [0.05, 0.1) is 12.7 Å². The smallest absolute Gasteiger partial charge is 0.341 e. The average Bonchev–Trinajstić information content (AvgIpc) is 3.42. The van der Waals surface area contributed by atoms with Gasteiger partial charge in [-0.2, -0.15) is 0 Å². The molecule has 2 aliphatic carbocycles. The predicted octanol–water partition coefficient (Wildman–Crippen LogP) is 1.93. The lowest BCUT2D eigenvalue weighted by atomic mass is 9.54. The van der Waals surface area contributed by atoms with Crippen LogP contribution in [-0.2, 0) is 28.5 Å². The van der Waals surface area contributed by atoms with E-state index in [2.05, 4.69) is 13.5 Å². The van der Waals surface area contributed by atoms with Gasteiger partial charge in [0.2, 0.25) is 0 Å². The van der Waals surface area contributed by atoms with Gasteiger partial charge in [-0.05, 0) is 32.3 Å². The normalized spacial score (nSPS) is 50.3. The molecular formula is C20H24O6. The van der Waals surface area contributed by atoms with Crippen LogP contribution in [0.5, 0.6) is 0 Å². The summed E-state index contributed by atoms with van der Waals surface area (Å²) in [5.74, 6) is -0.662. The van der Waals surface area contributed by atoms with Crippen LogP contribution in [0.15, 0.2) is 23.8 Å². The molecule has 0 amide bonds. The van der Waals surface area contributed by atoms with Gasteiger partial charge >= 0.3 is 11.9 Å². The minimum atomic E-state index is -0.734. The van der Waals surface area contributed by atoms with Gasteiger partial charge < -0.3 is 18.9 Å². The van der Waals surface area contributed by atoms with Crippen LogP contribution in [0.2, 0.25) is 0 Å². The number of esters is 2. The quantitative estimate of drug-likeness (QED) is 0.324. The Morgan fingerprint density at radius 3 is 2.73 bits per heavy atom. The van der Waals surface area contributed by atoms with Gasteiger partial charge in [-0.1, -0.05) is 19.1 Å². The van der Waals surface area contributed by atoms with Crippen LogP contribution < -0.4 is 0 Å². The van der Waals surface area contributed by atoms with Gasteiger partial charge in [0.1, 0.15) is 12.2 Å². The molecule has 8 atom stereocenters. The minimum absolute atomic E-state index is 0.0128. The molecule has 6 nitrogen and oxygen atoms in total. The van der Waals surface area contributed by atoms with Crippen molar-refractivity contribution >= 4 is 11.9 Å². The Kier molecular flexibility index (Phi) is 3.17. The van der Waals surface area contributed by atoms with Crippen LogP contribution in [0.1, 0.15) is 33.6 Å². The fourth-order valence-corrected chi connectivity index (χ4v) is 5.59. The lowest BCUT2D eigenvalue weighted by Gasteiger charge is -2.50. The van der Waals surface area contributed by atoms with E-state index >= 15 is 0 Å². The first-order valence-corrected chi connectivity index (χ1v) is 9.33. The fourth-order valence-electron chi connectivity index (χ4n) is 5.59. The van der Waals surface area contributed by atoms with Crippen LogP contribution >= 0.6 is 0 Å². The first-order chi connectivity index (χ1) is 12.3. The third kappa shape index (κ3) is 2.00. The first-order valence-electron chi connectivity index (χ1n) is 9.33. The number of carbonyl (C=O) groups excluding carboxylic acids is 2. The van der Waals surface area contributed by atoms with Crippen LogP contribution in [0.4, 0.5) is 0 Å². The molecule has 1 spiro atoms. The molecule has 0 aromatic rings. The van der Waals surface area contributed by atoms with Crippen LogP contribution in [0.25, 0.3) is 0 Å². The van der Waals surface area contributed by atoms with Crippen molar-refractivity contribution < 1.29 is 28.5 Å². The maximum atomic E-state index is 12.4. The van der Waals surface area contributed by atoms with Crippen molar-refractivity contribution in [1.29, 1.82) is 0 Å². The molecule has 0 aromatic heterocycles. The molecule has 3 aliphatic heterocycles. The Morgan fingerprint density at radius 1 is 1.35 bits per heavy atom. The number of fused-ring (bicyclic) bond motifs is 6. The van der Waals surface area contributed by atoms with E-state index in [1.54, 1.807) is 0 Å². The third-order valence-corrected chi connectivity index (χ3v) is 6.96. The molecule has 6 heteroatoms. The second kappa shape index (κ2) is 4.98. The monoisotopic (exact) mass is 360 g/mol. The van der Waals surface area contributed by atoms with Crippen molar-refractivity contribution in [1.82, 2.24) is 0 Å². The first kappa shape index (κ1) is 16.5. The molecule has 3 heterocycles. The summed E-state index contributed by atoms with van der Waals surface area (Å²) in [5, 5.41) is 0. The molecule has 0 radical (unpaired) electrons. The lowest BCUT2D eigenvalue weighted by Crippen LogP contribution is -2.55. The SMILES string of the molecule is C=C1[C@@H](OC(=O)C=C(C)C)[C@H]2O[C@H]2[C@@]2(C)CC[C@@H]3[C@@H](OC(=O)[C@]34CO4)[C@H]12. The van der Waals surface area contributed by atoms with E-state index in [0.717, 1.165) is 24.0 Å². The highest BCUT2D eigenvalue weighted by atomic mass is 16.7. The summed E-state index contributed by atoms with van der Waals surface area (Å²) in [7, 11) is 0. The van der Waals surface area contributed by atoms with Crippen molar-refractivity contribution in [2.75, 3.05) is 6.61 Å². The summed E-state index contributed by atoms with van der Waals surface area (Å²) < 4.78 is 23.0. The third-order valence-electron chi connectivity index (χ3n) is 6.96. The van der Waals surface area contributed by atoms with Gasteiger partial charge in [-0.15, -0.1) is 0 Å². The Bertz CT molecular complexity index is 745. The molecule has 0 aromatic carbocycles. The second-order valence-corrected chi connectivity index (χ2v) is 8.85. The molecule has 5 fully saturated rings. The Labute approximate surface area is 152 Å². The van der Waals surface area contributed by atoms with Gasteiger partial charge in [0.25, 0.3) is 0 Å². The molecule has 0 unspecified atom stereocenters. The molecule has 0 N–H and O–H groups in total. The molecule has 26 heavy (non-hydrogen) atoms. The molecule has 140 valence electrons. The van der Waals surface area contributed by atoms with Crippen molar-refractivity contribution in [3.63, 3.8) is 0 Å². The predicted molar refractivity (Wildman–Crippen MR) is 90.0 cm³/mol. The summed E-state index contributed by atoms with van der Waals surface area (Å²) in [6.45, 7) is 10.6. The number of ether oxygens (including phenoxy) is 4. The van der Waals surface area contributed by atoms with Crippen molar-refractivity contribution in [3.05, 3.63) is 23.8 Å². The molecule has 3 saturated heterocycles. The van der Waals surface area contributed by atoms with Crippen molar-refractivity contribution in [2.24, 2.45) is 17.3 Å². The molecule has 5 rings (SSSR count). The minimum Gasteiger partial charge on any atom is -0.459 e. The van der Waals surface area contributed by atoms with Crippen LogP contribution in [0, 0.1) is 17.3 Å². The van der Waals surface area contributed by atoms with E-state index < -0.39 is 11.7 Å². The fraction of sp³-hybridized carbons (Fsp3) is 0.700. The summed E-state index contributed by atoms with van der Waals surface area (Å²) in [4.78, 5) is 24.5. The zero-order chi connectivity index (χ0) is 18.4. The number of epoxide rings is 2. The number of hydrogen-bond donors (Lipinski definition) is 0. The maximum absolute atomic E-state index is 12.4. The van der Waals surface area contributed by atoms with E-state index in [-0.39, 0.29) is 47.5 Å². The van der Waals surface area contributed by atoms with E-state index in [9.17, 15) is 9.59 Å². The summed E-state index contributed by atoms with van der Waals surface area (Å²) in [5.41, 5.74) is 0.803. The van der Waals surface area contributed by atoms with E-state index in [0.29, 0.717) is 6.61 Å². The summed E-state index contributed by atoms with van der Waals surface area (Å²) >= 11 is 0. The van der Waals surface area contributed by atoms with Gasteiger partial charge in [0.15, 0.2) is 11.7 Å². The number of carbonyl (C=O) groups is 2. The van der Waals surface area contributed by atoms with E-state index in [4.69, 9.17) is 18.9 Å². The van der Waals surface area contributed by atoms with Gasteiger partial charge in [-0.25, -0.2) is 9.59 Å². The Hall–Kier alpha value is -1.66. The number of hydrogen-bond acceptors (Lipinski definition) is 6. The zero-order valence-corrected chi connectivity index (χ0v) is 15.3. The average molecular weight is 360 g/mol. The molecule has 2 saturated carbocycles. The Balaban J connectivity index is 1.45. The van der Waals surface area contributed by atoms with Gasteiger partial charge in [0, 0.05) is 23.3 Å². The highest BCUT2D eigenvalue weighted by molar-refractivity contribution is 5.85. The topological polar surface area (TPSA) is 77.7 Å². The van der Waals surface area contributed by atoms with Crippen LogP contribution in [0.3, 0.4) is 0 Å². The Morgan fingerprint density at radius 2 is 2.08 bits per heavy atom. The summed E-state index contributed by atoms with van der Waals surface area (Å²) in [6, 6.07) is 0. The zero-order valence-electron chi connectivity index (χ0n) is 15.3. The molecule has 5 aliphatic rings. The summed E-state index contributed by atoms with van der Waals surface area (Å²) in [6.07, 6.45) is 2.39. The number of rotatable bonds is 2. The van der Waals surface area contributed by atoms with Gasteiger partial charge in [-0.3, -0.25) is 0 Å². The number of allylic oxidation sites excluding steroid dienone is 1. The standard InChI is InChI=1S/C20H24O6/c1-9(2)7-12(21)24-14-10(3)13-15-11(20(8-23-20)18(22)26-15)5-6-19(13,4)17-16(14)25-17/h7,11,13-17H,3,5-6,8H2,1-2,4H3/t11-,13+,14-,15-,16-,17-,19+,20+/m1/s1. The van der Waals surface area contributed by atoms with Crippen molar-refractivity contribution in [2.45, 2.75) is 63.6 Å². The lowest BCUT2D eigenvalue weighted by molar-refractivity contribution is -0.152. The van der Waals surface area contributed by atoms with E-state index in [1.165, 1.54) is 6.08 Å². The highest BCUT2D eigenvalue weighted by Crippen LogP contribution is 2.65. The maximum Gasteiger partial charge on any atom is 0.341 e. The molecule has 0 bridgehead atoms. The second-order valence-electron chi connectivity index (χ2n) is 8.85. The molecular weight excluding hydrogens is 336 g/mol. The largest absolute Gasteiger partial charge is 0.459 e. The highest BCUT2D eigenvalue weighted by Gasteiger charge is 2.76. The van der Waals surface area contributed by atoms with E-state index in [1.807, 2.05) is 13.8 Å². The van der Waals surface area contributed by atoms with Crippen LogP contribution in [-0.4, -0.2) is 48.6 Å².